The molecule has 0 unspecified atom stereocenters. The number of hydrogen-bond acceptors (Lipinski definition) is 5. The molecule has 8 nitrogen and oxygen atoms in total. The van der Waals surface area contributed by atoms with Gasteiger partial charge in [0.1, 0.15) is 11.6 Å². The van der Waals surface area contributed by atoms with Crippen molar-refractivity contribution >= 4 is 27.5 Å². The molecule has 0 bridgehead atoms. The van der Waals surface area contributed by atoms with Gasteiger partial charge in [0.25, 0.3) is 15.9 Å². The molecule has 1 aliphatic carbocycles. The second-order valence-electron chi connectivity index (χ2n) is 7.59. The number of amides is 1. The van der Waals surface area contributed by atoms with Gasteiger partial charge in [-0.2, -0.15) is 8.42 Å². The normalized spacial score (nSPS) is 19.2. The highest BCUT2D eigenvalue weighted by molar-refractivity contribution is 7.90. The number of aromatic nitrogens is 1. The number of nitrogens with zero attached hydrogens (tertiary/aromatic N) is 3. The van der Waals surface area contributed by atoms with Crippen molar-refractivity contribution in [3.8, 4) is 0 Å². The molecular formula is C20H24N4O4S. The highest BCUT2D eigenvalue weighted by Crippen LogP contribution is 2.40. The second kappa shape index (κ2) is 7.98. The molecular weight excluding hydrogens is 392 g/mol. The Bertz CT molecular complexity index is 1040. The lowest BCUT2D eigenvalue weighted by Gasteiger charge is -2.17. The molecule has 1 aromatic carbocycles. The summed E-state index contributed by atoms with van der Waals surface area (Å²) in [5.41, 5.74) is 0.543. The summed E-state index contributed by atoms with van der Waals surface area (Å²) in [4.78, 5) is 14.4. The van der Waals surface area contributed by atoms with Gasteiger partial charge >= 0.3 is 0 Å². The van der Waals surface area contributed by atoms with E-state index in [-0.39, 0.29) is 10.6 Å². The van der Waals surface area contributed by atoms with Crippen LogP contribution < -0.4 is 5.32 Å². The average Bonchev–Trinajstić information content (AvgIpc) is 3.46. The molecule has 1 N–H and O–H groups in total. The van der Waals surface area contributed by atoms with Gasteiger partial charge in [0.2, 0.25) is 0 Å². The second-order valence-corrected chi connectivity index (χ2v) is 9.19. The number of rotatable bonds is 5. The predicted octanol–water partition coefficient (Wildman–Crippen LogP) is 3.40. The van der Waals surface area contributed by atoms with Crippen LogP contribution in [0.2, 0.25) is 0 Å². The summed E-state index contributed by atoms with van der Waals surface area (Å²) < 4.78 is 34.9. The maximum atomic E-state index is 12.8. The first-order valence-electron chi connectivity index (χ1n) is 9.85. The van der Waals surface area contributed by atoms with E-state index in [1.807, 2.05) is 11.9 Å². The molecule has 1 aromatic heterocycles. The third-order valence-electron chi connectivity index (χ3n) is 5.19. The van der Waals surface area contributed by atoms with E-state index in [0.717, 1.165) is 44.4 Å². The summed E-state index contributed by atoms with van der Waals surface area (Å²) in [7, 11) is -2.00. The number of nitrogens with one attached hydrogen (secondary N) is 1. The van der Waals surface area contributed by atoms with Crippen molar-refractivity contribution in [2.75, 3.05) is 18.9 Å². The number of carbonyl (C=O) groups excluding carboxylic acids is 1. The van der Waals surface area contributed by atoms with Gasteiger partial charge in [-0.3, -0.25) is 4.79 Å². The van der Waals surface area contributed by atoms with Crippen LogP contribution in [0.25, 0.3) is 0 Å². The van der Waals surface area contributed by atoms with Gasteiger partial charge in [-0.05, 0) is 43.9 Å². The molecule has 2 aliphatic rings. The van der Waals surface area contributed by atoms with Crippen molar-refractivity contribution in [3.05, 3.63) is 41.8 Å². The Kier molecular flexibility index (Phi) is 5.40. The molecule has 1 saturated heterocycles. The topological polar surface area (TPSA) is 105 Å². The monoisotopic (exact) mass is 416 g/mol. The van der Waals surface area contributed by atoms with E-state index in [1.165, 1.54) is 12.1 Å². The maximum Gasteiger partial charge on any atom is 0.284 e. The molecule has 4 rings (SSSR count). The fourth-order valence-electron chi connectivity index (χ4n) is 3.32. The minimum absolute atomic E-state index is 0.0410. The fraction of sp³-hybridized carbons (Fsp3) is 0.450. The molecule has 1 aliphatic heterocycles. The summed E-state index contributed by atoms with van der Waals surface area (Å²) in [6.07, 6.45) is 5.76. The fourth-order valence-corrected chi connectivity index (χ4v) is 4.46. The third-order valence-corrected chi connectivity index (χ3v) is 6.49. The zero-order valence-corrected chi connectivity index (χ0v) is 17.1. The minimum atomic E-state index is -3.87. The van der Waals surface area contributed by atoms with Gasteiger partial charge < -0.3 is 14.7 Å². The first kappa shape index (κ1) is 19.6. The molecule has 29 heavy (non-hydrogen) atoms. The van der Waals surface area contributed by atoms with Crippen molar-refractivity contribution in [3.63, 3.8) is 0 Å². The van der Waals surface area contributed by atoms with Gasteiger partial charge in [-0.1, -0.05) is 17.6 Å². The standard InChI is InChI=1S/C20H24N4O4S/c1-24-11-4-2-3-8-19(24)23-29(26,27)16-7-5-6-15(12-16)21-20(25)17-13-18(28-22-17)14-9-10-14/h5-7,12-14H,2-4,8-11H2,1H3,(H,21,25). The number of benzene rings is 1. The zero-order valence-electron chi connectivity index (χ0n) is 16.3. The minimum Gasteiger partial charge on any atom is -0.362 e. The molecule has 154 valence electrons. The summed E-state index contributed by atoms with van der Waals surface area (Å²) >= 11 is 0. The SMILES string of the molecule is CN1CCCCCC1=NS(=O)(=O)c1cccc(NC(=O)c2cc(C3CC3)on2)c1. The molecule has 2 fully saturated rings. The molecule has 0 spiro atoms. The van der Waals surface area contributed by atoms with Crippen molar-refractivity contribution in [2.45, 2.75) is 49.3 Å². The highest BCUT2D eigenvalue weighted by Gasteiger charge is 2.29. The van der Waals surface area contributed by atoms with Gasteiger partial charge in [0.15, 0.2) is 5.69 Å². The quantitative estimate of drug-likeness (QED) is 0.801. The van der Waals surface area contributed by atoms with Crippen LogP contribution in [0.15, 0.2) is 44.1 Å². The average molecular weight is 417 g/mol. The van der Waals surface area contributed by atoms with E-state index in [0.29, 0.717) is 23.9 Å². The summed E-state index contributed by atoms with van der Waals surface area (Å²) in [6, 6.07) is 7.74. The number of hydrogen-bond donors (Lipinski definition) is 1. The Morgan fingerprint density at radius 1 is 1.24 bits per heavy atom. The van der Waals surface area contributed by atoms with E-state index in [4.69, 9.17) is 4.52 Å². The molecule has 1 amide bonds. The van der Waals surface area contributed by atoms with Crippen LogP contribution >= 0.6 is 0 Å². The molecule has 9 heteroatoms. The Morgan fingerprint density at radius 3 is 2.86 bits per heavy atom. The van der Waals surface area contributed by atoms with Crippen LogP contribution in [0.3, 0.4) is 0 Å². The molecule has 2 aromatic rings. The lowest BCUT2D eigenvalue weighted by Crippen LogP contribution is -2.26. The number of anilines is 1. The Labute approximate surface area is 170 Å². The van der Waals surface area contributed by atoms with Crippen LogP contribution in [0.1, 0.15) is 60.7 Å². The molecule has 1 saturated carbocycles. The van der Waals surface area contributed by atoms with Gasteiger partial charge in [-0.25, -0.2) is 0 Å². The lowest BCUT2D eigenvalue weighted by atomic mass is 10.2. The first-order chi connectivity index (χ1) is 13.9. The van der Waals surface area contributed by atoms with E-state index in [1.54, 1.807) is 18.2 Å². The zero-order chi connectivity index (χ0) is 20.4. The smallest absolute Gasteiger partial charge is 0.284 e. The molecule has 0 atom stereocenters. The number of sulfonamides is 1. The van der Waals surface area contributed by atoms with E-state index in [9.17, 15) is 13.2 Å². The van der Waals surface area contributed by atoms with Crippen molar-refractivity contribution in [1.82, 2.24) is 10.1 Å². The third kappa shape index (κ3) is 4.67. The van der Waals surface area contributed by atoms with E-state index < -0.39 is 15.9 Å². The number of likely N-dealkylation sites (tertiary alicyclic amines) is 1. The summed E-state index contributed by atoms with van der Waals surface area (Å²) in [5, 5.41) is 6.49. The van der Waals surface area contributed by atoms with E-state index >= 15 is 0 Å². The van der Waals surface area contributed by atoms with Crippen LogP contribution in [-0.2, 0) is 10.0 Å². The van der Waals surface area contributed by atoms with Crippen LogP contribution in [0.5, 0.6) is 0 Å². The predicted molar refractivity (Wildman–Crippen MR) is 109 cm³/mol. The summed E-state index contributed by atoms with van der Waals surface area (Å²) in [6.45, 7) is 0.797. The number of carbonyl (C=O) groups is 1. The first-order valence-corrected chi connectivity index (χ1v) is 11.3. The van der Waals surface area contributed by atoms with Crippen molar-refractivity contribution in [1.29, 1.82) is 0 Å². The van der Waals surface area contributed by atoms with Crippen LogP contribution in [-0.4, -0.2) is 43.8 Å². The Hall–Kier alpha value is -2.68. The molecule has 0 radical (unpaired) electrons. The van der Waals surface area contributed by atoms with Crippen LogP contribution in [0, 0.1) is 0 Å². The van der Waals surface area contributed by atoms with Crippen molar-refractivity contribution in [2.24, 2.45) is 4.40 Å². The Balaban J connectivity index is 1.51. The number of amidine groups is 1. The molecule has 2 heterocycles. The lowest BCUT2D eigenvalue weighted by molar-refractivity contribution is 0.101. The van der Waals surface area contributed by atoms with Gasteiger partial charge in [0.05, 0.1) is 4.90 Å². The van der Waals surface area contributed by atoms with Gasteiger partial charge in [-0.15, -0.1) is 4.40 Å². The van der Waals surface area contributed by atoms with Crippen LogP contribution in [0.4, 0.5) is 5.69 Å². The summed E-state index contributed by atoms with van der Waals surface area (Å²) in [5.74, 6) is 1.21. The van der Waals surface area contributed by atoms with Crippen molar-refractivity contribution < 1.29 is 17.7 Å². The highest BCUT2D eigenvalue weighted by atomic mass is 32.2. The van der Waals surface area contributed by atoms with Gasteiger partial charge in [0, 0.05) is 37.7 Å². The maximum absolute atomic E-state index is 12.8. The Morgan fingerprint density at radius 2 is 2.07 bits per heavy atom. The largest absolute Gasteiger partial charge is 0.362 e. The van der Waals surface area contributed by atoms with E-state index in [2.05, 4.69) is 14.9 Å².